The van der Waals surface area contributed by atoms with Crippen molar-refractivity contribution < 1.29 is 22.8 Å². The first-order valence-electron chi connectivity index (χ1n) is 12.5. The standard InChI is InChI=1S/C28H24F3N7O2/c1-2-5-22(39)37-14-4-3-6-20(37)26-36-23(24-25(32)34-13-15-38(24)26)17-7-9-18(10-8-17)27(40)35-21-16-19(11-12-33-21)28(29,30)31/h7-13,15-16,20H,3-4,6,14H2,1H3,(H2,32,34)(H,33,35,40)/t20-/m0/s1. The van der Waals surface area contributed by atoms with Gasteiger partial charge in [-0.15, -0.1) is 0 Å². The smallest absolute Gasteiger partial charge is 0.382 e. The molecule has 40 heavy (non-hydrogen) atoms. The first-order chi connectivity index (χ1) is 19.2. The van der Waals surface area contributed by atoms with Gasteiger partial charge in [0.05, 0.1) is 11.6 Å². The molecular formula is C28H24F3N7O2. The molecule has 0 aliphatic carbocycles. The minimum absolute atomic E-state index is 0.208. The molecule has 5 rings (SSSR count). The summed E-state index contributed by atoms with van der Waals surface area (Å²) in [6, 6.07) is 7.68. The fourth-order valence-corrected chi connectivity index (χ4v) is 4.79. The largest absolute Gasteiger partial charge is 0.416 e. The van der Waals surface area contributed by atoms with Crippen LogP contribution in [0, 0.1) is 11.8 Å². The zero-order chi connectivity index (χ0) is 28.4. The molecule has 0 unspecified atom stereocenters. The number of halogens is 3. The highest BCUT2D eigenvalue weighted by Crippen LogP contribution is 2.36. The molecule has 3 aromatic heterocycles. The zero-order valence-corrected chi connectivity index (χ0v) is 21.4. The Hall–Kier alpha value is -4.92. The van der Waals surface area contributed by atoms with Crippen molar-refractivity contribution in [3.05, 3.63) is 71.9 Å². The van der Waals surface area contributed by atoms with Gasteiger partial charge in [-0.05, 0) is 56.4 Å². The van der Waals surface area contributed by atoms with E-state index in [9.17, 15) is 22.8 Å². The number of imidazole rings is 1. The Morgan fingerprint density at radius 3 is 2.60 bits per heavy atom. The van der Waals surface area contributed by atoms with E-state index < -0.39 is 17.6 Å². The monoisotopic (exact) mass is 547 g/mol. The van der Waals surface area contributed by atoms with Crippen LogP contribution in [-0.4, -0.2) is 42.6 Å². The highest BCUT2D eigenvalue weighted by atomic mass is 19.4. The van der Waals surface area contributed by atoms with Crippen LogP contribution in [0.3, 0.4) is 0 Å². The molecule has 0 bridgehead atoms. The van der Waals surface area contributed by atoms with Gasteiger partial charge in [-0.25, -0.2) is 15.0 Å². The lowest BCUT2D eigenvalue weighted by molar-refractivity contribution is -0.137. The van der Waals surface area contributed by atoms with Crippen LogP contribution in [0.25, 0.3) is 16.8 Å². The van der Waals surface area contributed by atoms with Gasteiger partial charge in [0.1, 0.15) is 28.7 Å². The minimum atomic E-state index is -4.56. The van der Waals surface area contributed by atoms with E-state index in [1.54, 1.807) is 36.4 Å². The number of carbonyl (C=O) groups is 2. The van der Waals surface area contributed by atoms with Crippen LogP contribution in [0.2, 0.25) is 0 Å². The van der Waals surface area contributed by atoms with Gasteiger partial charge in [0.15, 0.2) is 0 Å². The number of nitrogen functional groups attached to an aromatic ring is 1. The molecule has 204 valence electrons. The molecule has 9 nitrogen and oxygen atoms in total. The Bertz CT molecular complexity index is 1650. The summed E-state index contributed by atoms with van der Waals surface area (Å²) in [5.41, 5.74) is 7.27. The lowest BCUT2D eigenvalue weighted by Crippen LogP contribution is -2.38. The number of nitrogens with zero attached hydrogens (tertiary/aromatic N) is 5. The number of rotatable bonds is 4. The molecule has 0 spiro atoms. The van der Waals surface area contributed by atoms with Crippen molar-refractivity contribution in [1.82, 2.24) is 24.3 Å². The molecule has 1 saturated heterocycles. The van der Waals surface area contributed by atoms with E-state index in [2.05, 4.69) is 27.1 Å². The van der Waals surface area contributed by atoms with Crippen LogP contribution < -0.4 is 11.1 Å². The predicted octanol–water partition coefficient (Wildman–Crippen LogP) is 4.72. The Balaban J connectivity index is 1.47. The van der Waals surface area contributed by atoms with Crippen molar-refractivity contribution >= 4 is 29.0 Å². The van der Waals surface area contributed by atoms with Crippen molar-refractivity contribution in [2.45, 2.75) is 38.4 Å². The molecule has 1 atom stereocenters. The zero-order valence-electron chi connectivity index (χ0n) is 21.4. The molecule has 1 fully saturated rings. The molecule has 4 heterocycles. The van der Waals surface area contributed by atoms with Gasteiger partial charge in [0, 0.05) is 36.3 Å². The first-order valence-corrected chi connectivity index (χ1v) is 12.5. The average molecular weight is 548 g/mol. The Labute approximate surface area is 227 Å². The number of amides is 2. The number of alkyl halides is 3. The number of fused-ring (bicyclic) bond motifs is 1. The van der Waals surface area contributed by atoms with Gasteiger partial charge in [-0.3, -0.25) is 14.0 Å². The molecule has 0 saturated carbocycles. The maximum Gasteiger partial charge on any atom is 0.416 e. The van der Waals surface area contributed by atoms with Gasteiger partial charge in [-0.1, -0.05) is 18.1 Å². The normalized spacial score (nSPS) is 15.4. The van der Waals surface area contributed by atoms with Crippen LogP contribution in [0.15, 0.2) is 55.0 Å². The fourth-order valence-electron chi connectivity index (χ4n) is 4.79. The van der Waals surface area contributed by atoms with Crippen LogP contribution in [-0.2, 0) is 11.0 Å². The van der Waals surface area contributed by atoms with E-state index >= 15 is 0 Å². The van der Waals surface area contributed by atoms with Gasteiger partial charge < -0.3 is 16.0 Å². The molecular weight excluding hydrogens is 523 g/mol. The number of benzene rings is 1. The number of hydrogen-bond donors (Lipinski definition) is 2. The molecule has 1 aliphatic rings. The summed E-state index contributed by atoms with van der Waals surface area (Å²) in [7, 11) is 0. The molecule has 1 aromatic carbocycles. The SMILES string of the molecule is CC#CC(=O)N1CCCC[C@H]1c1nc(-c2ccc(C(=O)Nc3cc(C(F)(F)F)ccn3)cc2)c2c(N)nccn12. The second-order valence-corrected chi connectivity index (χ2v) is 9.19. The highest BCUT2D eigenvalue weighted by Gasteiger charge is 2.32. The van der Waals surface area contributed by atoms with E-state index in [1.165, 1.54) is 12.1 Å². The number of piperidine rings is 1. The summed E-state index contributed by atoms with van der Waals surface area (Å²) >= 11 is 0. The van der Waals surface area contributed by atoms with Crippen LogP contribution >= 0.6 is 0 Å². The number of nitrogens with two attached hydrogens (primary N) is 1. The van der Waals surface area contributed by atoms with Crippen molar-refractivity contribution in [3.63, 3.8) is 0 Å². The molecule has 0 radical (unpaired) electrons. The second-order valence-electron chi connectivity index (χ2n) is 9.19. The predicted molar refractivity (Wildman–Crippen MR) is 142 cm³/mol. The maximum absolute atomic E-state index is 13.0. The van der Waals surface area contributed by atoms with E-state index in [4.69, 9.17) is 10.7 Å². The Morgan fingerprint density at radius 2 is 1.88 bits per heavy atom. The van der Waals surface area contributed by atoms with Gasteiger partial charge in [0.2, 0.25) is 0 Å². The van der Waals surface area contributed by atoms with Crippen molar-refractivity contribution in [1.29, 1.82) is 0 Å². The Kier molecular flexibility index (Phi) is 7.13. The number of likely N-dealkylation sites (tertiary alicyclic amines) is 1. The van der Waals surface area contributed by atoms with Crippen LogP contribution in [0.1, 0.15) is 54.0 Å². The number of anilines is 2. The summed E-state index contributed by atoms with van der Waals surface area (Å²) in [6.07, 6.45) is 2.23. The lowest BCUT2D eigenvalue weighted by Gasteiger charge is -2.33. The molecule has 1 aliphatic heterocycles. The third-order valence-electron chi connectivity index (χ3n) is 6.65. The number of carbonyl (C=O) groups excluding carboxylic acids is 2. The van der Waals surface area contributed by atoms with E-state index in [0.29, 0.717) is 35.6 Å². The molecule has 2 amide bonds. The summed E-state index contributed by atoms with van der Waals surface area (Å²) in [6.45, 7) is 2.18. The minimum Gasteiger partial charge on any atom is -0.382 e. The fraction of sp³-hybridized carbons (Fsp3) is 0.250. The van der Waals surface area contributed by atoms with Gasteiger partial charge >= 0.3 is 6.18 Å². The quantitative estimate of drug-likeness (QED) is 0.357. The lowest BCUT2D eigenvalue weighted by atomic mass is 10.0. The van der Waals surface area contributed by atoms with Gasteiger partial charge in [0.25, 0.3) is 11.8 Å². The van der Waals surface area contributed by atoms with E-state index in [-0.39, 0.29) is 29.1 Å². The van der Waals surface area contributed by atoms with Crippen LogP contribution in [0.4, 0.5) is 24.8 Å². The molecule has 3 N–H and O–H groups in total. The van der Waals surface area contributed by atoms with Crippen molar-refractivity contribution in [2.24, 2.45) is 0 Å². The van der Waals surface area contributed by atoms with E-state index in [0.717, 1.165) is 31.2 Å². The third kappa shape index (κ3) is 5.18. The van der Waals surface area contributed by atoms with Gasteiger partial charge in [-0.2, -0.15) is 13.2 Å². The first kappa shape index (κ1) is 26.7. The van der Waals surface area contributed by atoms with Crippen molar-refractivity contribution in [2.75, 3.05) is 17.6 Å². The number of nitrogens with one attached hydrogen (secondary N) is 1. The number of hydrogen-bond acceptors (Lipinski definition) is 6. The summed E-state index contributed by atoms with van der Waals surface area (Å²) in [5, 5.41) is 2.39. The Morgan fingerprint density at radius 1 is 1.10 bits per heavy atom. The average Bonchev–Trinajstić information content (AvgIpc) is 3.34. The number of pyridine rings is 1. The van der Waals surface area contributed by atoms with Crippen molar-refractivity contribution in [3.8, 4) is 23.1 Å². The second kappa shape index (κ2) is 10.7. The topological polar surface area (TPSA) is 119 Å². The van der Waals surface area contributed by atoms with Crippen LogP contribution in [0.5, 0.6) is 0 Å². The summed E-state index contributed by atoms with van der Waals surface area (Å²) < 4.78 is 40.8. The molecule has 12 heteroatoms. The third-order valence-corrected chi connectivity index (χ3v) is 6.65. The summed E-state index contributed by atoms with van der Waals surface area (Å²) in [4.78, 5) is 40.1. The highest BCUT2D eigenvalue weighted by molar-refractivity contribution is 6.04. The maximum atomic E-state index is 13.0. The number of aromatic nitrogens is 4. The summed E-state index contributed by atoms with van der Waals surface area (Å²) in [5.74, 6) is 5.06. The molecule has 4 aromatic rings. The van der Waals surface area contributed by atoms with E-state index in [1.807, 2.05) is 4.40 Å².